The van der Waals surface area contributed by atoms with Crippen LogP contribution in [0.4, 0.5) is 17.1 Å². The van der Waals surface area contributed by atoms with Gasteiger partial charge in [-0.1, -0.05) is 19.1 Å². The number of carbonyl (C=O) groups excluding carboxylic acids is 1. The van der Waals surface area contributed by atoms with Crippen LogP contribution in [-0.2, 0) is 0 Å². The summed E-state index contributed by atoms with van der Waals surface area (Å²) in [6.45, 7) is 1.91. The van der Waals surface area contributed by atoms with E-state index in [2.05, 4.69) is 5.32 Å². The third kappa shape index (κ3) is 4.81. The molecule has 0 spiro atoms. The lowest BCUT2D eigenvalue weighted by Crippen LogP contribution is -2.27. The Bertz CT molecular complexity index is 879. The predicted octanol–water partition coefficient (Wildman–Crippen LogP) is 2.94. The lowest BCUT2D eigenvalue weighted by atomic mass is 10.0. The standard InChI is InChI=1S/C16H14N4O7/c1-10(11-2-4-13(5-3-11)18(22)23)9-17-16(21)12-6-14(19(24)25)8-15(7-12)20(26)27/h2-8,10H,9H2,1H3,(H,17,21). The molecule has 0 aliphatic carbocycles. The Balaban J connectivity index is 2.11. The molecule has 0 aliphatic rings. The second kappa shape index (κ2) is 7.99. The molecule has 0 bridgehead atoms. The molecule has 11 nitrogen and oxygen atoms in total. The number of nitrogens with one attached hydrogen (secondary N) is 1. The summed E-state index contributed by atoms with van der Waals surface area (Å²) in [6, 6.07) is 8.50. The van der Waals surface area contributed by atoms with Crippen molar-refractivity contribution in [2.45, 2.75) is 12.8 Å². The van der Waals surface area contributed by atoms with E-state index in [-0.39, 0.29) is 23.7 Å². The zero-order valence-corrected chi connectivity index (χ0v) is 14.0. The lowest BCUT2D eigenvalue weighted by molar-refractivity contribution is -0.394. The molecule has 140 valence electrons. The van der Waals surface area contributed by atoms with Crippen molar-refractivity contribution in [3.63, 3.8) is 0 Å². The van der Waals surface area contributed by atoms with Crippen LogP contribution in [0.3, 0.4) is 0 Å². The number of rotatable bonds is 7. The fourth-order valence-corrected chi connectivity index (χ4v) is 2.33. The number of benzene rings is 2. The smallest absolute Gasteiger partial charge is 0.277 e. The minimum absolute atomic E-state index is 0.0566. The van der Waals surface area contributed by atoms with Gasteiger partial charge in [0.15, 0.2) is 0 Å². The maximum absolute atomic E-state index is 12.2. The Kier molecular flexibility index (Phi) is 5.75. The van der Waals surface area contributed by atoms with Crippen molar-refractivity contribution in [3.8, 4) is 0 Å². The predicted molar refractivity (Wildman–Crippen MR) is 93.6 cm³/mol. The number of amides is 1. The highest BCUT2D eigenvalue weighted by Crippen LogP contribution is 2.23. The van der Waals surface area contributed by atoms with E-state index in [1.807, 2.05) is 0 Å². The number of hydrogen-bond donors (Lipinski definition) is 1. The van der Waals surface area contributed by atoms with E-state index in [4.69, 9.17) is 0 Å². The van der Waals surface area contributed by atoms with Crippen LogP contribution >= 0.6 is 0 Å². The molecule has 0 aliphatic heterocycles. The highest BCUT2D eigenvalue weighted by atomic mass is 16.6. The Morgan fingerprint density at radius 2 is 1.37 bits per heavy atom. The minimum atomic E-state index is -0.816. The summed E-state index contributed by atoms with van der Waals surface area (Å²) in [6.07, 6.45) is 0. The number of non-ortho nitro benzene ring substituents is 3. The van der Waals surface area contributed by atoms with E-state index in [1.165, 1.54) is 12.1 Å². The van der Waals surface area contributed by atoms with Crippen LogP contribution in [0.5, 0.6) is 0 Å². The Labute approximate surface area is 152 Å². The molecular weight excluding hydrogens is 360 g/mol. The summed E-state index contributed by atoms with van der Waals surface area (Å²) in [4.78, 5) is 42.5. The number of nitro groups is 3. The SMILES string of the molecule is CC(CNC(=O)c1cc([N+](=O)[O-])cc([N+](=O)[O-])c1)c1ccc([N+](=O)[O-])cc1. The van der Waals surface area contributed by atoms with Gasteiger partial charge in [-0.15, -0.1) is 0 Å². The van der Waals surface area contributed by atoms with Crippen molar-refractivity contribution in [1.29, 1.82) is 0 Å². The highest BCUT2D eigenvalue weighted by Gasteiger charge is 2.20. The number of nitro benzene ring substituents is 3. The molecule has 27 heavy (non-hydrogen) atoms. The average molecular weight is 374 g/mol. The molecule has 0 heterocycles. The first-order valence-electron chi connectivity index (χ1n) is 7.65. The van der Waals surface area contributed by atoms with Gasteiger partial charge in [-0.2, -0.15) is 0 Å². The molecule has 2 aromatic rings. The van der Waals surface area contributed by atoms with Crippen LogP contribution in [0.2, 0.25) is 0 Å². The molecule has 0 saturated heterocycles. The first-order chi connectivity index (χ1) is 12.7. The Morgan fingerprint density at radius 1 is 0.889 bits per heavy atom. The van der Waals surface area contributed by atoms with Crippen molar-refractivity contribution in [2.24, 2.45) is 0 Å². The van der Waals surface area contributed by atoms with Crippen LogP contribution in [0.1, 0.15) is 28.8 Å². The highest BCUT2D eigenvalue weighted by molar-refractivity contribution is 5.95. The van der Waals surface area contributed by atoms with Gasteiger partial charge in [-0.05, 0) is 11.5 Å². The van der Waals surface area contributed by atoms with Gasteiger partial charge in [0, 0.05) is 30.8 Å². The lowest BCUT2D eigenvalue weighted by Gasteiger charge is -2.13. The van der Waals surface area contributed by atoms with Crippen molar-refractivity contribution in [3.05, 3.63) is 83.9 Å². The van der Waals surface area contributed by atoms with Crippen molar-refractivity contribution >= 4 is 23.0 Å². The zero-order chi connectivity index (χ0) is 20.1. The van der Waals surface area contributed by atoms with Crippen molar-refractivity contribution in [1.82, 2.24) is 5.32 Å². The van der Waals surface area contributed by atoms with E-state index in [1.54, 1.807) is 19.1 Å². The van der Waals surface area contributed by atoms with Gasteiger partial charge in [0.05, 0.1) is 26.4 Å². The number of nitrogens with zero attached hydrogens (tertiary/aromatic N) is 3. The van der Waals surface area contributed by atoms with Crippen LogP contribution in [0.15, 0.2) is 42.5 Å². The van der Waals surface area contributed by atoms with Gasteiger partial charge < -0.3 is 5.32 Å². The summed E-state index contributed by atoms with van der Waals surface area (Å²) < 4.78 is 0. The van der Waals surface area contributed by atoms with E-state index in [0.717, 1.165) is 23.8 Å². The van der Waals surface area contributed by atoms with E-state index < -0.39 is 32.1 Å². The molecule has 1 amide bonds. The van der Waals surface area contributed by atoms with E-state index in [0.29, 0.717) is 0 Å². The maximum atomic E-state index is 12.2. The molecule has 1 atom stereocenters. The Morgan fingerprint density at radius 3 is 1.81 bits per heavy atom. The largest absolute Gasteiger partial charge is 0.351 e. The third-order valence-corrected chi connectivity index (χ3v) is 3.83. The summed E-state index contributed by atoms with van der Waals surface area (Å²) in [7, 11) is 0. The molecule has 0 aromatic heterocycles. The molecule has 0 radical (unpaired) electrons. The summed E-state index contributed by atoms with van der Waals surface area (Å²) >= 11 is 0. The zero-order valence-electron chi connectivity index (χ0n) is 14.0. The van der Waals surface area contributed by atoms with Crippen LogP contribution < -0.4 is 5.32 Å². The minimum Gasteiger partial charge on any atom is -0.351 e. The molecule has 2 rings (SSSR count). The van der Waals surface area contributed by atoms with Gasteiger partial charge in [0.25, 0.3) is 23.0 Å². The molecule has 0 fully saturated rings. The Hall–Kier alpha value is -3.89. The molecule has 2 aromatic carbocycles. The monoisotopic (exact) mass is 374 g/mol. The molecular formula is C16H14N4O7. The molecule has 0 saturated carbocycles. The topological polar surface area (TPSA) is 159 Å². The normalized spacial score (nSPS) is 11.4. The second-order valence-electron chi connectivity index (χ2n) is 5.71. The van der Waals surface area contributed by atoms with Gasteiger partial charge in [0.1, 0.15) is 0 Å². The van der Waals surface area contributed by atoms with Crippen molar-refractivity contribution in [2.75, 3.05) is 6.54 Å². The van der Waals surface area contributed by atoms with Gasteiger partial charge >= 0.3 is 0 Å². The van der Waals surface area contributed by atoms with Crippen LogP contribution in [-0.4, -0.2) is 27.2 Å². The first-order valence-corrected chi connectivity index (χ1v) is 7.65. The fraction of sp³-hybridized carbons (Fsp3) is 0.188. The van der Waals surface area contributed by atoms with Crippen molar-refractivity contribution < 1.29 is 19.6 Å². The van der Waals surface area contributed by atoms with Gasteiger partial charge in [0.2, 0.25) is 0 Å². The van der Waals surface area contributed by atoms with E-state index >= 15 is 0 Å². The molecule has 1 N–H and O–H groups in total. The average Bonchev–Trinajstić information content (AvgIpc) is 2.65. The molecule has 11 heteroatoms. The van der Waals surface area contributed by atoms with Gasteiger partial charge in [-0.3, -0.25) is 35.1 Å². The number of hydrogen-bond acceptors (Lipinski definition) is 7. The van der Waals surface area contributed by atoms with Crippen LogP contribution in [0, 0.1) is 30.3 Å². The second-order valence-corrected chi connectivity index (χ2v) is 5.71. The van der Waals surface area contributed by atoms with Crippen LogP contribution in [0.25, 0.3) is 0 Å². The molecule has 1 unspecified atom stereocenters. The first kappa shape index (κ1) is 19.4. The van der Waals surface area contributed by atoms with E-state index in [9.17, 15) is 35.1 Å². The summed E-state index contributed by atoms with van der Waals surface area (Å²) in [5.41, 5.74) is -0.632. The maximum Gasteiger partial charge on any atom is 0.277 e. The summed E-state index contributed by atoms with van der Waals surface area (Å²) in [5.74, 6) is -0.904. The quantitative estimate of drug-likeness (QED) is 0.576. The third-order valence-electron chi connectivity index (χ3n) is 3.83. The van der Waals surface area contributed by atoms with Gasteiger partial charge in [-0.25, -0.2) is 0 Å². The number of carbonyl (C=O) groups is 1. The fourth-order valence-electron chi connectivity index (χ4n) is 2.33. The summed E-state index contributed by atoms with van der Waals surface area (Å²) in [5, 5.41) is 35.0.